The molecule has 1 aromatic carbocycles. The number of amides is 1. The first-order valence-corrected chi connectivity index (χ1v) is 5.84. The van der Waals surface area contributed by atoms with E-state index in [9.17, 15) is 9.90 Å². The Morgan fingerprint density at radius 2 is 2.11 bits per heavy atom. The van der Waals surface area contributed by atoms with Crippen molar-refractivity contribution in [3.63, 3.8) is 0 Å². The summed E-state index contributed by atoms with van der Waals surface area (Å²) in [5, 5.41) is 23.6. The highest BCUT2D eigenvalue weighted by Crippen LogP contribution is 2.17. The van der Waals surface area contributed by atoms with Gasteiger partial charge in [0, 0.05) is 17.5 Å². The summed E-state index contributed by atoms with van der Waals surface area (Å²) in [6.45, 7) is 5.49. The Kier molecular flexibility index (Phi) is 4.37. The van der Waals surface area contributed by atoms with Crippen molar-refractivity contribution in [1.29, 1.82) is 0 Å². The van der Waals surface area contributed by atoms with Crippen molar-refractivity contribution in [2.75, 3.05) is 6.54 Å². The number of hydrogen-bond acceptors (Lipinski definition) is 4. The number of aryl methyl sites for hydroxylation is 1. The number of nitrogens with one attached hydrogen (secondary N) is 1. The van der Waals surface area contributed by atoms with Crippen LogP contribution in [0.3, 0.4) is 0 Å². The minimum absolute atomic E-state index is 0.0511. The van der Waals surface area contributed by atoms with Gasteiger partial charge >= 0.3 is 0 Å². The molecular formula is C13H19N3O3. The van der Waals surface area contributed by atoms with E-state index < -0.39 is 5.41 Å². The molecule has 19 heavy (non-hydrogen) atoms. The van der Waals surface area contributed by atoms with Gasteiger partial charge < -0.3 is 21.4 Å². The molecule has 0 radical (unpaired) electrons. The number of amidine groups is 1. The van der Waals surface area contributed by atoms with Crippen molar-refractivity contribution in [3.05, 3.63) is 29.3 Å². The smallest absolute Gasteiger partial charge is 0.251 e. The first-order valence-electron chi connectivity index (χ1n) is 5.84. The topological polar surface area (TPSA) is 108 Å². The number of oxime groups is 1. The molecular weight excluding hydrogens is 246 g/mol. The van der Waals surface area contributed by atoms with Gasteiger partial charge in [0.2, 0.25) is 0 Å². The van der Waals surface area contributed by atoms with E-state index in [0.29, 0.717) is 11.1 Å². The van der Waals surface area contributed by atoms with E-state index in [-0.39, 0.29) is 24.0 Å². The second-order valence-corrected chi connectivity index (χ2v) is 5.05. The van der Waals surface area contributed by atoms with Crippen LogP contribution < -0.4 is 11.1 Å². The van der Waals surface area contributed by atoms with E-state index in [0.717, 1.165) is 0 Å². The lowest BCUT2D eigenvalue weighted by atomic mass is 9.92. The molecule has 0 bridgehead atoms. The molecule has 104 valence electrons. The molecule has 0 fully saturated rings. The Hall–Kier alpha value is -2.24. The first-order chi connectivity index (χ1) is 8.77. The van der Waals surface area contributed by atoms with Gasteiger partial charge in [0.25, 0.3) is 5.91 Å². The zero-order valence-electron chi connectivity index (χ0n) is 11.3. The molecule has 6 heteroatoms. The van der Waals surface area contributed by atoms with Crippen LogP contribution in [0.15, 0.2) is 23.4 Å². The number of hydrogen-bond donors (Lipinski definition) is 4. The summed E-state index contributed by atoms with van der Waals surface area (Å²) in [5.41, 5.74) is 6.06. The molecule has 1 amide bonds. The Morgan fingerprint density at radius 1 is 1.47 bits per heavy atom. The van der Waals surface area contributed by atoms with Gasteiger partial charge in [0.1, 0.15) is 11.6 Å². The van der Waals surface area contributed by atoms with Crippen LogP contribution in [0.2, 0.25) is 0 Å². The van der Waals surface area contributed by atoms with E-state index in [1.54, 1.807) is 26.8 Å². The molecule has 0 saturated carbocycles. The molecule has 0 aliphatic carbocycles. The lowest BCUT2D eigenvalue weighted by Crippen LogP contribution is -2.42. The van der Waals surface area contributed by atoms with Crippen LogP contribution in [0.4, 0.5) is 0 Å². The van der Waals surface area contributed by atoms with Gasteiger partial charge in [-0.2, -0.15) is 0 Å². The van der Waals surface area contributed by atoms with Crippen molar-refractivity contribution in [2.24, 2.45) is 16.3 Å². The highest BCUT2D eigenvalue weighted by atomic mass is 16.4. The Bertz CT molecular complexity index is 510. The average molecular weight is 265 g/mol. The second kappa shape index (κ2) is 5.60. The highest BCUT2D eigenvalue weighted by molar-refractivity contribution is 5.96. The summed E-state index contributed by atoms with van der Waals surface area (Å²) in [5.74, 6) is -0.0995. The normalized spacial score (nSPS) is 12.3. The maximum atomic E-state index is 12.0. The lowest BCUT2D eigenvalue weighted by Gasteiger charge is -2.23. The summed E-state index contributed by atoms with van der Waals surface area (Å²) in [4.78, 5) is 12.0. The number of carbonyl (C=O) groups excluding carboxylic acids is 1. The van der Waals surface area contributed by atoms with Gasteiger partial charge in [-0.1, -0.05) is 19.0 Å². The maximum absolute atomic E-state index is 12.0. The average Bonchev–Trinajstić information content (AvgIpc) is 2.35. The van der Waals surface area contributed by atoms with Gasteiger partial charge in [0.15, 0.2) is 0 Å². The van der Waals surface area contributed by atoms with Crippen LogP contribution >= 0.6 is 0 Å². The fourth-order valence-electron chi connectivity index (χ4n) is 1.53. The fourth-order valence-corrected chi connectivity index (χ4v) is 1.53. The van der Waals surface area contributed by atoms with Gasteiger partial charge in [0.05, 0.1) is 0 Å². The third kappa shape index (κ3) is 3.61. The molecule has 0 aliphatic rings. The maximum Gasteiger partial charge on any atom is 0.251 e. The Labute approximate surface area is 111 Å². The van der Waals surface area contributed by atoms with Crippen molar-refractivity contribution in [2.45, 2.75) is 20.8 Å². The van der Waals surface area contributed by atoms with Gasteiger partial charge in [-0.3, -0.25) is 4.79 Å². The van der Waals surface area contributed by atoms with Crippen molar-refractivity contribution >= 4 is 11.7 Å². The predicted molar refractivity (Wildman–Crippen MR) is 72.4 cm³/mol. The molecule has 0 heterocycles. The summed E-state index contributed by atoms with van der Waals surface area (Å²) in [7, 11) is 0. The van der Waals surface area contributed by atoms with E-state index in [4.69, 9.17) is 10.9 Å². The molecule has 0 aliphatic heterocycles. The number of benzene rings is 1. The van der Waals surface area contributed by atoms with Crippen LogP contribution in [-0.4, -0.2) is 28.6 Å². The monoisotopic (exact) mass is 265 g/mol. The summed E-state index contributed by atoms with van der Waals surface area (Å²) in [6, 6.07) is 4.52. The van der Waals surface area contributed by atoms with Gasteiger partial charge in [-0.25, -0.2) is 0 Å². The summed E-state index contributed by atoms with van der Waals surface area (Å²) >= 11 is 0. The SMILES string of the molecule is Cc1cc(O)ccc1C(=O)NCC(C)(C)/C(N)=N/O. The Balaban J connectivity index is 2.76. The van der Waals surface area contributed by atoms with E-state index in [1.165, 1.54) is 12.1 Å². The number of rotatable bonds is 4. The first kappa shape index (κ1) is 14.8. The minimum atomic E-state index is -0.644. The van der Waals surface area contributed by atoms with E-state index in [2.05, 4.69) is 10.5 Å². The largest absolute Gasteiger partial charge is 0.508 e. The summed E-state index contributed by atoms with van der Waals surface area (Å²) < 4.78 is 0. The van der Waals surface area contributed by atoms with E-state index in [1.807, 2.05) is 0 Å². The third-order valence-electron chi connectivity index (χ3n) is 2.95. The number of phenols is 1. The van der Waals surface area contributed by atoms with Crippen LogP contribution in [-0.2, 0) is 0 Å². The Morgan fingerprint density at radius 3 is 2.63 bits per heavy atom. The fraction of sp³-hybridized carbons (Fsp3) is 0.385. The summed E-state index contributed by atoms with van der Waals surface area (Å²) in [6.07, 6.45) is 0. The molecule has 0 spiro atoms. The van der Waals surface area contributed by atoms with Gasteiger partial charge in [-0.15, -0.1) is 0 Å². The zero-order valence-corrected chi connectivity index (χ0v) is 11.3. The standard InChI is InChI=1S/C13H19N3O3/c1-8-6-9(17)4-5-10(8)11(18)15-7-13(2,3)12(14)16-19/h4-6,17,19H,7H2,1-3H3,(H2,14,16)(H,15,18). The molecule has 0 aromatic heterocycles. The van der Waals surface area contributed by atoms with Crippen LogP contribution in [0.5, 0.6) is 5.75 Å². The van der Waals surface area contributed by atoms with E-state index >= 15 is 0 Å². The zero-order chi connectivity index (χ0) is 14.6. The van der Waals surface area contributed by atoms with Crippen molar-refractivity contribution in [1.82, 2.24) is 5.32 Å². The molecule has 1 rings (SSSR count). The molecule has 5 N–H and O–H groups in total. The number of nitrogens with zero attached hydrogens (tertiary/aromatic N) is 1. The molecule has 0 saturated heterocycles. The molecule has 0 atom stereocenters. The lowest BCUT2D eigenvalue weighted by molar-refractivity contribution is 0.0943. The van der Waals surface area contributed by atoms with Crippen LogP contribution in [0.25, 0.3) is 0 Å². The predicted octanol–water partition coefficient (Wildman–Crippen LogP) is 1.20. The minimum Gasteiger partial charge on any atom is -0.508 e. The molecule has 1 aromatic rings. The number of phenolic OH excluding ortho intramolecular Hbond substituents is 1. The second-order valence-electron chi connectivity index (χ2n) is 5.05. The third-order valence-corrected chi connectivity index (χ3v) is 2.95. The van der Waals surface area contributed by atoms with Crippen LogP contribution in [0, 0.1) is 12.3 Å². The number of nitrogens with two attached hydrogens (primary N) is 1. The quantitative estimate of drug-likeness (QED) is 0.284. The van der Waals surface area contributed by atoms with Crippen molar-refractivity contribution in [3.8, 4) is 5.75 Å². The number of aromatic hydroxyl groups is 1. The highest BCUT2D eigenvalue weighted by Gasteiger charge is 2.24. The molecule has 0 unspecified atom stereocenters. The van der Waals surface area contributed by atoms with Crippen LogP contribution in [0.1, 0.15) is 29.8 Å². The van der Waals surface area contributed by atoms with Crippen molar-refractivity contribution < 1.29 is 15.1 Å². The van der Waals surface area contributed by atoms with Gasteiger partial charge in [-0.05, 0) is 30.7 Å². The molecule has 6 nitrogen and oxygen atoms in total. The number of carbonyl (C=O) groups is 1.